The highest BCUT2D eigenvalue weighted by atomic mass is 16.6. The van der Waals surface area contributed by atoms with Gasteiger partial charge in [0.1, 0.15) is 6.54 Å². The minimum atomic E-state index is -1.36. The Morgan fingerprint density at radius 1 is 1.24 bits per heavy atom. The van der Waals surface area contributed by atoms with Crippen molar-refractivity contribution in [1.29, 1.82) is 0 Å². The van der Waals surface area contributed by atoms with E-state index in [0.29, 0.717) is 17.0 Å². The molecule has 0 amide bonds. The Kier molecular flexibility index (Phi) is 3.17. The minimum absolute atomic E-state index is 0.642. The number of pyridine rings is 1. The molecule has 0 saturated carbocycles. The monoisotopic (exact) mass is 243 g/mol. The number of carboxylic acids is 1. The molecule has 0 atom stereocenters. The number of hydrogen-bond acceptors (Lipinski definition) is 6. The smallest absolute Gasteiger partial charge is 0.339 e. The molecular formula is C7H5N3O7. The number of hydrogen-bond donors (Lipinski definition) is 1. The number of aliphatic carboxylic acids is 1. The quantitative estimate of drug-likeness (QED) is 0.566. The van der Waals surface area contributed by atoms with Gasteiger partial charge in [-0.15, -0.1) is 0 Å². The van der Waals surface area contributed by atoms with Crippen LogP contribution in [-0.4, -0.2) is 25.5 Å². The molecule has 0 unspecified atom stereocenters. The van der Waals surface area contributed by atoms with Crippen LogP contribution in [0.2, 0.25) is 0 Å². The molecule has 1 aromatic rings. The van der Waals surface area contributed by atoms with E-state index in [1.165, 1.54) is 0 Å². The van der Waals surface area contributed by atoms with Crippen molar-refractivity contribution in [3.8, 4) is 0 Å². The van der Waals surface area contributed by atoms with Crippen molar-refractivity contribution < 1.29 is 19.7 Å². The lowest BCUT2D eigenvalue weighted by molar-refractivity contribution is -0.397. The van der Waals surface area contributed by atoms with Gasteiger partial charge in [0.2, 0.25) is 0 Å². The molecule has 10 nitrogen and oxygen atoms in total. The zero-order valence-electron chi connectivity index (χ0n) is 8.10. The van der Waals surface area contributed by atoms with E-state index in [0.717, 1.165) is 0 Å². The van der Waals surface area contributed by atoms with Crippen LogP contribution in [0.1, 0.15) is 0 Å². The van der Waals surface area contributed by atoms with Crippen molar-refractivity contribution in [2.45, 2.75) is 6.54 Å². The van der Waals surface area contributed by atoms with Crippen molar-refractivity contribution in [1.82, 2.24) is 4.57 Å². The summed E-state index contributed by atoms with van der Waals surface area (Å²) in [6.45, 7) is -0.720. The molecule has 0 aliphatic heterocycles. The fraction of sp³-hybridized carbons (Fsp3) is 0.143. The Bertz CT molecular complexity index is 523. The van der Waals surface area contributed by atoms with Gasteiger partial charge in [-0.2, -0.15) is 0 Å². The Morgan fingerprint density at radius 3 is 1.94 bits per heavy atom. The van der Waals surface area contributed by atoms with E-state index in [1.54, 1.807) is 0 Å². The maximum absolute atomic E-state index is 11.2. The summed E-state index contributed by atoms with van der Waals surface area (Å²) in [5, 5.41) is 29.4. The molecule has 0 aliphatic carbocycles. The summed E-state index contributed by atoms with van der Waals surface area (Å²) < 4.78 is 0.694. The average Bonchev–Trinajstić information content (AvgIpc) is 2.18. The van der Waals surface area contributed by atoms with Gasteiger partial charge in [0, 0.05) is 0 Å². The maximum atomic E-state index is 11.2. The van der Waals surface area contributed by atoms with E-state index in [4.69, 9.17) is 5.11 Å². The van der Waals surface area contributed by atoms with Gasteiger partial charge >= 0.3 is 22.8 Å². The highest BCUT2D eigenvalue weighted by Gasteiger charge is 2.24. The van der Waals surface area contributed by atoms with Gasteiger partial charge in [-0.1, -0.05) is 0 Å². The number of carboxylic acid groups (broad SMARTS) is 1. The van der Waals surface area contributed by atoms with Crippen LogP contribution in [0.4, 0.5) is 11.4 Å². The minimum Gasteiger partial charge on any atom is -0.480 e. The first kappa shape index (κ1) is 12.3. The summed E-state index contributed by atoms with van der Waals surface area (Å²) in [6, 6.07) is 0. The van der Waals surface area contributed by atoms with E-state index >= 15 is 0 Å². The maximum Gasteiger partial charge on any atom is 0.339 e. The first-order valence-electron chi connectivity index (χ1n) is 4.07. The highest BCUT2D eigenvalue weighted by Crippen LogP contribution is 2.11. The van der Waals surface area contributed by atoms with Gasteiger partial charge in [-0.3, -0.25) is 29.8 Å². The molecule has 0 saturated heterocycles. The second-order valence-electron chi connectivity index (χ2n) is 2.94. The zero-order valence-corrected chi connectivity index (χ0v) is 8.10. The highest BCUT2D eigenvalue weighted by molar-refractivity contribution is 5.66. The third-order valence-corrected chi connectivity index (χ3v) is 1.75. The summed E-state index contributed by atoms with van der Waals surface area (Å²) in [5.41, 5.74) is -3.44. The van der Waals surface area contributed by atoms with Crippen LogP contribution in [0.25, 0.3) is 0 Å². The van der Waals surface area contributed by atoms with E-state index in [2.05, 4.69) is 0 Å². The van der Waals surface area contributed by atoms with Crippen LogP contribution in [-0.2, 0) is 11.3 Å². The second kappa shape index (κ2) is 4.38. The molecule has 10 heteroatoms. The summed E-state index contributed by atoms with van der Waals surface area (Å²) in [5.74, 6) is -1.35. The molecule has 0 fully saturated rings. The van der Waals surface area contributed by atoms with Crippen LogP contribution in [0.3, 0.4) is 0 Å². The molecule has 1 aromatic heterocycles. The summed E-state index contributed by atoms with van der Waals surface area (Å²) in [4.78, 5) is 40.3. The van der Waals surface area contributed by atoms with Crippen LogP contribution in [0.5, 0.6) is 0 Å². The molecule has 0 spiro atoms. The Balaban J connectivity index is 3.47. The third-order valence-electron chi connectivity index (χ3n) is 1.75. The molecule has 90 valence electrons. The molecule has 1 heterocycles. The predicted octanol–water partition coefficient (Wildman–Crippen LogP) is -0.251. The number of rotatable bonds is 4. The molecule has 0 bridgehead atoms. The van der Waals surface area contributed by atoms with Gasteiger partial charge < -0.3 is 9.67 Å². The Labute approximate surface area is 92.0 Å². The van der Waals surface area contributed by atoms with Gasteiger partial charge in [0.05, 0.1) is 22.2 Å². The van der Waals surface area contributed by atoms with Crippen molar-refractivity contribution in [2.75, 3.05) is 0 Å². The molecule has 0 aromatic carbocycles. The molecular weight excluding hydrogens is 238 g/mol. The fourth-order valence-corrected chi connectivity index (χ4v) is 1.11. The zero-order chi connectivity index (χ0) is 13.2. The lowest BCUT2D eigenvalue weighted by Gasteiger charge is -2.01. The van der Waals surface area contributed by atoms with Gasteiger partial charge in [0.25, 0.3) is 0 Å². The summed E-state index contributed by atoms with van der Waals surface area (Å²) in [7, 11) is 0. The first-order valence-corrected chi connectivity index (χ1v) is 4.07. The van der Waals surface area contributed by atoms with Crippen molar-refractivity contribution in [3.63, 3.8) is 0 Å². The standard InChI is InChI=1S/C7H5N3O7/c11-6(12)3-8-1-4(9(14)15)7(13)5(2-8)10(16)17/h1-2H,3H2,(H,11,12). The van der Waals surface area contributed by atoms with Crippen LogP contribution in [0, 0.1) is 20.2 Å². The first-order chi connectivity index (χ1) is 7.82. The van der Waals surface area contributed by atoms with E-state index < -0.39 is 39.2 Å². The Morgan fingerprint density at radius 2 is 1.65 bits per heavy atom. The van der Waals surface area contributed by atoms with Crippen molar-refractivity contribution in [2.24, 2.45) is 0 Å². The SMILES string of the molecule is O=C(O)Cn1cc([N+](=O)[O-])c(=O)c([N+](=O)[O-])c1. The van der Waals surface area contributed by atoms with Gasteiger partial charge in [-0.05, 0) is 0 Å². The second-order valence-corrected chi connectivity index (χ2v) is 2.94. The topological polar surface area (TPSA) is 146 Å². The summed E-state index contributed by atoms with van der Waals surface area (Å²) >= 11 is 0. The van der Waals surface area contributed by atoms with E-state index in [-0.39, 0.29) is 0 Å². The van der Waals surface area contributed by atoms with E-state index in [9.17, 15) is 29.8 Å². The van der Waals surface area contributed by atoms with Crippen molar-refractivity contribution in [3.05, 3.63) is 42.8 Å². The van der Waals surface area contributed by atoms with E-state index in [1.807, 2.05) is 0 Å². The lowest BCUT2D eigenvalue weighted by Crippen LogP contribution is -2.18. The number of nitro groups is 2. The number of aromatic nitrogens is 1. The fourth-order valence-electron chi connectivity index (χ4n) is 1.11. The van der Waals surface area contributed by atoms with Crippen LogP contribution >= 0.6 is 0 Å². The van der Waals surface area contributed by atoms with Gasteiger partial charge in [0.15, 0.2) is 0 Å². The Hall–Kier alpha value is -2.78. The average molecular weight is 243 g/mol. The summed E-state index contributed by atoms with van der Waals surface area (Å²) in [6.07, 6.45) is 1.28. The number of carbonyl (C=O) groups is 1. The molecule has 0 radical (unpaired) electrons. The molecule has 1 rings (SSSR count). The predicted molar refractivity (Wildman–Crippen MR) is 51.6 cm³/mol. The lowest BCUT2D eigenvalue weighted by atomic mass is 10.3. The number of nitrogens with zero attached hydrogens (tertiary/aromatic N) is 3. The van der Waals surface area contributed by atoms with Crippen LogP contribution < -0.4 is 5.43 Å². The van der Waals surface area contributed by atoms with Gasteiger partial charge in [-0.25, -0.2) is 0 Å². The third kappa shape index (κ3) is 2.62. The van der Waals surface area contributed by atoms with Crippen LogP contribution in [0.15, 0.2) is 17.2 Å². The van der Waals surface area contributed by atoms with Crippen molar-refractivity contribution >= 4 is 17.3 Å². The largest absolute Gasteiger partial charge is 0.480 e. The molecule has 0 aliphatic rings. The molecule has 17 heavy (non-hydrogen) atoms. The normalized spacial score (nSPS) is 9.88. The molecule has 1 N–H and O–H groups in total.